The SMILES string of the molecule is COc1ccc(CNCC2CCS(=O)(=O)C2)cc1C#N. The number of hydrogen-bond donors (Lipinski definition) is 1. The van der Waals surface area contributed by atoms with Crippen LogP contribution in [-0.2, 0) is 16.4 Å². The lowest BCUT2D eigenvalue weighted by molar-refractivity contribution is 0.413. The molecule has 0 bridgehead atoms. The fourth-order valence-electron chi connectivity index (χ4n) is 2.41. The molecule has 0 aromatic heterocycles. The first-order valence-corrected chi connectivity index (χ1v) is 8.34. The van der Waals surface area contributed by atoms with E-state index in [0.29, 0.717) is 30.2 Å². The van der Waals surface area contributed by atoms with E-state index < -0.39 is 9.84 Å². The average molecular weight is 294 g/mol. The van der Waals surface area contributed by atoms with Gasteiger partial charge >= 0.3 is 0 Å². The number of ether oxygens (including phenoxy) is 1. The van der Waals surface area contributed by atoms with Gasteiger partial charge in [0.05, 0.1) is 24.2 Å². The zero-order valence-corrected chi connectivity index (χ0v) is 12.2. The van der Waals surface area contributed by atoms with E-state index in [1.54, 1.807) is 12.1 Å². The van der Waals surface area contributed by atoms with Crippen LogP contribution in [0.5, 0.6) is 5.75 Å². The summed E-state index contributed by atoms with van der Waals surface area (Å²) in [5, 5.41) is 12.3. The van der Waals surface area contributed by atoms with E-state index in [1.165, 1.54) is 7.11 Å². The molecule has 1 aliphatic heterocycles. The predicted octanol–water partition coefficient (Wildman–Crippen LogP) is 1.09. The van der Waals surface area contributed by atoms with Gasteiger partial charge < -0.3 is 10.1 Å². The molecular formula is C14H18N2O3S. The normalized spacial score (nSPS) is 20.5. The van der Waals surface area contributed by atoms with Gasteiger partial charge in [-0.15, -0.1) is 0 Å². The Morgan fingerprint density at radius 3 is 2.90 bits per heavy atom. The number of sulfone groups is 1. The molecular weight excluding hydrogens is 276 g/mol. The first kappa shape index (κ1) is 14.8. The van der Waals surface area contributed by atoms with Crippen LogP contribution in [0.1, 0.15) is 17.5 Å². The maximum absolute atomic E-state index is 11.4. The second-order valence-corrected chi connectivity index (χ2v) is 7.28. The van der Waals surface area contributed by atoms with E-state index in [0.717, 1.165) is 12.0 Å². The number of hydrogen-bond acceptors (Lipinski definition) is 5. The topological polar surface area (TPSA) is 79.2 Å². The molecule has 1 aromatic rings. The molecule has 1 atom stereocenters. The van der Waals surface area contributed by atoms with E-state index in [9.17, 15) is 8.42 Å². The Morgan fingerprint density at radius 2 is 2.30 bits per heavy atom. The van der Waals surface area contributed by atoms with Gasteiger partial charge in [0.15, 0.2) is 9.84 Å². The molecule has 108 valence electrons. The highest BCUT2D eigenvalue weighted by molar-refractivity contribution is 7.91. The van der Waals surface area contributed by atoms with Crippen LogP contribution in [0.2, 0.25) is 0 Å². The number of nitrogens with zero attached hydrogens (tertiary/aromatic N) is 1. The highest BCUT2D eigenvalue weighted by atomic mass is 32.2. The summed E-state index contributed by atoms with van der Waals surface area (Å²) in [6.45, 7) is 1.31. The Kier molecular flexibility index (Phi) is 4.63. The van der Waals surface area contributed by atoms with Gasteiger partial charge in [-0.3, -0.25) is 0 Å². The summed E-state index contributed by atoms with van der Waals surface area (Å²) in [7, 11) is -1.27. The number of rotatable bonds is 5. The summed E-state index contributed by atoms with van der Waals surface area (Å²) in [6, 6.07) is 7.56. The Morgan fingerprint density at radius 1 is 1.50 bits per heavy atom. The van der Waals surface area contributed by atoms with Gasteiger partial charge in [-0.1, -0.05) is 6.07 Å². The molecule has 2 rings (SSSR count). The molecule has 1 aliphatic rings. The first-order valence-electron chi connectivity index (χ1n) is 6.52. The van der Waals surface area contributed by atoms with Gasteiger partial charge in [0.2, 0.25) is 0 Å². The molecule has 1 N–H and O–H groups in total. The standard InChI is InChI=1S/C14H18N2O3S/c1-19-14-3-2-11(6-13(14)7-15)8-16-9-12-4-5-20(17,18)10-12/h2-3,6,12,16H,4-5,8-10H2,1H3. The van der Waals surface area contributed by atoms with Gasteiger partial charge in [0.1, 0.15) is 11.8 Å². The summed E-state index contributed by atoms with van der Waals surface area (Å²) in [5.41, 5.74) is 1.50. The van der Waals surface area contributed by atoms with Crippen molar-refractivity contribution in [3.05, 3.63) is 29.3 Å². The quantitative estimate of drug-likeness (QED) is 0.879. The molecule has 0 saturated carbocycles. The maximum Gasteiger partial charge on any atom is 0.150 e. The second-order valence-electron chi connectivity index (χ2n) is 5.05. The van der Waals surface area contributed by atoms with E-state index in [2.05, 4.69) is 11.4 Å². The molecule has 1 unspecified atom stereocenters. The Hall–Kier alpha value is -1.58. The molecule has 0 aliphatic carbocycles. The van der Waals surface area contributed by atoms with Gasteiger partial charge in [-0.2, -0.15) is 5.26 Å². The number of benzene rings is 1. The molecule has 1 saturated heterocycles. The minimum Gasteiger partial charge on any atom is -0.495 e. The predicted molar refractivity (Wildman–Crippen MR) is 76.2 cm³/mol. The van der Waals surface area contributed by atoms with E-state index in [1.807, 2.05) is 6.07 Å². The lowest BCUT2D eigenvalue weighted by Gasteiger charge is -2.10. The molecule has 1 fully saturated rings. The highest BCUT2D eigenvalue weighted by Gasteiger charge is 2.27. The minimum atomic E-state index is -2.81. The molecule has 0 spiro atoms. The Balaban J connectivity index is 1.87. The monoisotopic (exact) mass is 294 g/mol. The van der Waals surface area contributed by atoms with Crippen molar-refractivity contribution in [2.24, 2.45) is 5.92 Å². The van der Waals surface area contributed by atoms with Crippen LogP contribution in [0.3, 0.4) is 0 Å². The number of methoxy groups -OCH3 is 1. The van der Waals surface area contributed by atoms with Crippen LogP contribution in [0.15, 0.2) is 18.2 Å². The van der Waals surface area contributed by atoms with Crippen molar-refractivity contribution in [3.8, 4) is 11.8 Å². The van der Waals surface area contributed by atoms with Crippen molar-refractivity contribution in [1.82, 2.24) is 5.32 Å². The summed E-state index contributed by atoms with van der Waals surface area (Å²) >= 11 is 0. The van der Waals surface area contributed by atoms with Crippen LogP contribution in [0.4, 0.5) is 0 Å². The number of nitrogens with one attached hydrogen (secondary N) is 1. The Bertz CT molecular complexity index is 620. The molecule has 6 heteroatoms. The van der Waals surface area contributed by atoms with Crippen molar-refractivity contribution in [1.29, 1.82) is 5.26 Å². The average Bonchev–Trinajstić information content (AvgIpc) is 2.78. The summed E-state index contributed by atoms with van der Waals surface area (Å²) in [4.78, 5) is 0. The van der Waals surface area contributed by atoms with Crippen molar-refractivity contribution in [2.45, 2.75) is 13.0 Å². The van der Waals surface area contributed by atoms with Crippen LogP contribution < -0.4 is 10.1 Å². The second kappa shape index (κ2) is 6.25. The van der Waals surface area contributed by atoms with Gasteiger partial charge in [0.25, 0.3) is 0 Å². The molecule has 20 heavy (non-hydrogen) atoms. The molecule has 0 radical (unpaired) electrons. The third kappa shape index (κ3) is 3.71. The van der Waals surface area contributed by atoms with E-state index >= 15 is 0 Å². The van der Waals surface area contributed by atoms with Crippen molar-refractivity contribution in [3.63, 3.8) is 0 Å². The molecule has 1 heterocycles. The number of nitriles is 1. The van der Waals surface area contributed by atoms with Gasteiger partial charge in [-0.05, 0) is 36.6 Å². The van der Waals surface area contributed by atoms with Crippen LogP contribution >= 0.6 is 0 Å². The smallest absolute Gasteiger partial charge is 0.150 e. The van der Waals surface area contributed by atoms with Crippen molar-refractivity contribution >= 4 is 9.84 Å². The fraction of sp³-hybridized carbons (Fsp3) is 0.500. The largest absolute Gasteiger partial charge is 0.495 e. The lowest BCUT2D eigenvalue weighted by Crippen LogP contribution is -2.23. The first-order chi connectivity index (χ1) is 9.54. The van der Waals surface area contributed by atoms with E-state index in [4.69, 9.17) is 10.00 Å². The summed E-state index contributed by atoms with van der Waals surface area (Å²) in [6.07, 6.45) is 0.737. The zero-order valence-electron chi connectivity index (χ0n) is 11.4. The highest BCUT2D eigenvalue weighted by Crippen LogP contribution is 2.20. The zero-order chi connectivity index (χ0) is 14.6. The minimum absolute atomic E-state index is 0.202. The third-order valence-electron chi connectivity index (χ3n) is 3.47. The van der Waals surface area contributed by atoms with E-state index in [-0.39, 0.29) is 11.7 Å². The third-order valence-corrected chi connectivity index (χ3v) is 5.31. The maximum atomic E-state index is 11.4. The van der Waals surface area contributed by atoms with Crippen LogP contribution in [0, 0.1) is 17.2 Å². The van der Waals surface area contributed by atoms with Crippen molar-refractivity contribution in [2.75, 3.05) is 25.2 Å². The van der Waals surface area contributed by atoms with Gasteiger partial charge in [-0.25, -0.2) is 8.42 Å². The van der Waals surface area contributed by atoms with Crippen LogP contribution in [-0.4, -0.2) is 33.6 Å². The molecule has 5 nitrogen and oxygen atoms in total. The summed E-state index contributed by atoms with van der Waals surface area (Å²) in [5.74, 6) is 1.36. The van der Waals surface area contributed by atoms with Crippen molar-refractivity contribution < 1.29 is 13.2 Å². The van der Waals surface area contributed by atoms with Crippen LogP contribution in [0.25, 0.3) is 0 Å². The fourth-order valence-corrected chi connectivity index (χ4v) is 4.27. The lowest BCUT2D eigenvalue weighted by atomic mass is 10.1. The van der Waals surface area contributed by atoms with Gasteiger partial charge in [0, 0.05) is 6.54 Å². The molecule has 1 aromatic carbocycles. The molecule has 0 amide bonds. The Labute approximate surface area is 119 Å². The summed E-state index contributed by atoms with van der Waals surface area (Å²) < 4.78 is 27.8.